The normalized spacial score (nSPS) is 18.6. The van der Waals surface area contributed by atoms with Gasteiger partial charge in [0.25, 0.3) is 5.91 Å². The zero-order valence-electron chi connectivity index (χ0n) is 15.6. The number of nitrogens with zero attached hydrogens (tertiary/aromatic N) is 4. The number of ether oxygens (including phenoxy) is 1. The Morgan fingerprint density at radius 3 is 2.76 bits per heavy atom. The molecule has 3 aromatic heterocycles. The number of hydrogen-bond donors (Lipinski definition) is 1. The van der Waals surface area contributed by atoms with Crippen LogP contribution in [0.4, 0.5) is 0 Å². The number of amides is 1. The van der Waals surface area contributed by atoms with E-state index in [1.165, 1.54) is 6.20 Å². The van der Waals surface area contributed by atoms with E-state index in [0.29, 0.717) is 17.2 Å². The van der Waals surface area contributed by atoms with Crippen molar-refractivity contribution in [2.24, 2.45) is 0 Å². The SMILES string of the molecule is N#Cc1ccc(OC2CCC(NC(=O)c3cc(-c4cccnc4)on3)CC2)nc1. The molecule has 0 unspecified atom stereocenters. The van der Waals surface area contributed by atoms with Crippen molar-refractivity contribution in [1.82, 2.24) is 20.4 Å². The second-order valence-corrected chi connectivity index (χ2v) is 6.88. The molecule has 8 nitrogen and oxygen atoms in total. The fraction of sp³-hybridized carbons (Fsp3) is 0.286. The molecule has 0 saturated heterocycles. The van der Waals surface area contributed by atoms with Crippen LogP contribution in [0.15, 0.2) is 53.4 Å². The highest BCUT2D eigenvalue weighted by molar-refractivity contribution is 5.93. The summed E-state index contributed by atoms with van der Waals surface area (Å²) in [6.07, 6.45) is 8.11. The molecule has 1 amide bonds. The third-order valence-electron chi connectivity index (χ3n) is 4.85. The van der Waals surface area contributed by atoms with Gasteiger partial charge in [0.05, 0.1) is 5.56 Å². The summed E-state index contributed by atoms with van der Waals surface area (Å²) < 4.78 is 11.1. The van der Waals surface area contributed by atoms with E-state index in [-0.39, 0.29) is 23.7 Å². The van der Waals surface area contributed by atoms with Crippen molar-refractivity contribution in [1.29, 1.82) is 5.26 Å². The van der Waals surface area contributed by atoms with E-state index in [2.05, 4.69) is 20.4 Å². The molecule has 8 heteroatoms. The molecule has 1 aliphatic carbocycles. The number of nitriles is 1. The molecule has 0 atom stereocenters. The molecule has 0 spiro atoms. The maximum Gasteiger partial charge on any atom is 0.273 e. The molecule has 0 radical (unpaired) electrons. The summed E-state index contributed by atoms with van der Waals surface area (Å²) in [5, 5.41) is 15.7. The van der Waals surface area contributed by atoms with Crippen LogP contribution >= 0.6 is 0 Å². The van der Waals surface area contributed by atoms with E-state index in [4.69, 9.17) is 14.5 Å². The zero-order chi connectivity index (χ0) is 20.1. The Kier molecular flexibility index (Phi) is 5.47. The second-order valence-electron chi connectivity index (χ2n) is 6.88. The Balaban J connectivity index is 1.27. The number of nitrogens with one attached hydrogen (secondary N) is 1. The van der Waals surface area contributed by atoms with Crippen LogP contribution in [0.2, 0.25) is 0 Å². The van der Waals surface area contributed by atoms with Crippen molar-refractivity contribution < 1.29 is 14.1 Å². The molecule has 4 rings (SSSR count). The van der Waals surface area contributed by atoms with Crippen molar-refractivity contribution in [3.8, 4) is 23.3 Å². The summed E-state index contributed by atoms with van der Waals surface area (Å²) in [6.45, 7) is 0. The predicted octanol–water partition coefficient (Wildman–Crippen LogP) is 3.12. The predicted molar refractivity (Wildman–Crippen MR) is 103 cm³/mol. The average Bonchev–Trinajstić information content (AvgIpc) is 3.27. The monoisotopic (exact) mass is 389 g/mol. The van der Waals surface area contributed by atoms with Gasteiger partial charge in [-0.1, -0.05) is 5.16 Å². The van der Waals surface area contributed by atoms with Crippen LogP contribution in [0.25, 0.3) is 11.3 Å². The number of carbonyl (C=O) groups is 1. The summed E-state index contributed by atoms with van der Waals surface area (Å²) in [4.78, 5) is 20.6. The van der Waals surface area contributed by atoms with Gasteiger partial charge in [-0.05, 0) is 43.9 Å². The van der Waals surface area contributed by atoms with E-state index in [9.17, 15) is 4.79 Å². The van der Waals surface area contributed by atoms with Crippen LogP contribution in [0.5, 0.6) is 5.88 Å². The summed E-state index contributed by atoms with van der Waals surface area (Å²) in [6, 6.07) is 10.8. The summed E-state index contributed by atoms with van der Waals surface area (Å²) in [5.41, 5.74) is 1.53. The van der Waals surface area contributed by atoms with E-state index in [1.54, 1.807) is 36.7 Å². The Labute approximate surface area is 167 Å². The molecule has 3 aromatic rings. The third-order valence-corrected chi connectivity index (χ3v) is 4.85. The number of carbonyl (C=O) groups excluding carboxylic acids is 1. The van der Waals surface area contributed by atoms with Gasteiger partial charge < -0.3 is 14.6 Å². The average molecular weight is 389 g/mol. The molecule has 29 heavy (non-hydrogen) atoms. The first-order valence-electron chi connectivity index (χ1n) is 9.42. The van der Waals surface area contributed by atoms with Gasteiger partial charge in [-0.15, -0.1) is 0 Å². The van der Waals surface area contributed by atoms with Crippen molar-refractivity contribution >= 4 is 5.91 Å². The van der Waals surface area contributed by atoms with Crippen molar-refractivity contribution in [2.75, 3.05) is 0 Å². The minimum absolute atomic E-state index is 0.0489. The second kappa shape index (κ2) is 8.52. The van der Waals surface area contributed by atoms with Crippen molar-refractivity contribution in [3.05, 3.63) is 60.2 Å². The van der Waals surface area contributed by atoms with E-state index < -0.39 is 0 Å². The van der Waals surface area contributed by atoms with Crippen LogP contribution in [0.3, 0.4) is 0 Å². The van der Waals surface area contributed by atoms with Crippen molar-refractivity contribution in [3.63, 3.8) is 0 Å². The standard InChI is InChI=1S/C21H19N5O3/c22-11-14-3-8-20(24-12-14)28-17-6-4-16(5-7-17)25-21(27)18-10-19(29-26-18)15-2-1-9-23-13-15/h1-3,8-10,12-13,16-17H,4-7H2,(H,25,27). The van der Waals surface area contributed by atoms with Crippen LogP contribution in [0, 0.1) is 11.3 Å². The third kappa shape index (κ3) is 4.58. The number of hydrogen-bond acceptors (Lipinski definition) is 7. The molecule has 1 aliphatic rings. The van der Waals surface area contributed by atoms with Gasteiger partial charge in [0, 0.05) is 42.3 Å². The van der Waals surface area contributed by atoms with Crippen LogP contribution in [-0.2, 0) is 0 Å². The van der Waals surface area contributed by atoms with Gasteiger partial charge in [0.2, 0.25) is 5.88 Å². The van der Waals surface area contributed by atoms with E-state index >= 15 is 0 Å². The first kappa shape index (κ1) is 18.6. The minimum atomic E-state index is -0.248. The Bertz CT molecular complexity index is 1000. The Hall–Kier alpha value is -3.73. The molecular formula is C21H19N5O3. The highest BCUT2D eigenvalue weighted by Gasteiger charge is 2.25. The lowest BCUT2D eigenvalue weighted by Gasteiger charge is -2.28. The van der Waals surface area contributed by atoms with E-state index in [1.807, 2.05) is 12.1 Å². The first-order valence-corrected chi connectivity index (χ1v) is 9.42. The Morgan fingerprint density at radius 1 is 1.21 bits per heavy atom. The fourth-order valence-electron chi connectivity index (χ4n) is 3.30. The van der Waals surface area contributed by atoms with Crippen LogP contribution in [-0.4, -0.2) is 33.2 Å². The topological polar surface area (TPSA) is 114 Å². The van der Waals surface area contributed by atoms with Gasteiger partial charge >= 0.3 is 0 Å². The summed E-state index contributed by atoms with van der Waals surface area (Å²) >= 11 is 0. The molecular weight excluding hydrogens is 370 g/mol. The molecule has 0 aromatic carbocycles. The van der Waals surface area contributed by atoms with Gasteiger partial charge in [-0.25, -0.2) is 4.98 Å². The number of pyridine rings is 2. The maximum atomic E-state index is 12.5. The lowest BCUT2D eigenvalue weighted by molar-refractivity contribution is 0.0881. The van der Waals surface area contributed by atoms with Gasteiger partial charge in [-0.2, -0.15) is 5.26 Å². The number of aromatic nitrogens is 3. The molecule has 1 saturated carbocycles. The van der Waals surface area contributed by atoms with Crippen LogP contribution < -0.4 is 10.1 Å². The lowest BCUT2D eigenvalue weighted by Crippen LogP contribution is -2.39. The highest BCUT2D eigenvalue weighted by atomic mass is 16.5. The zero-order valence-corrected chi connectivity index (χ0v) is 15.6. The Morgan fingerprint density at radius 2 is 2.07 bits per heavy atom. The van der Waals surface area contributed by atoms with E-state index in [0.717, 1.165) is 31.2 Å². The first-order chi connectivity index (χ1) is 14.2. The molecule has 0 aliphatic heterocycles. The minimum Gasteiger partial charge on any atom is -0.474 e. The summed E-state index contributed by atoms with van der Waals surface area (Å²) in [5.74, 6) is 0.777. The summed E-state index contributed by atoms with van der Waals surface area (Å²) in [7, 11) is 0. The van der Waals surface area contributed by atoms with Gasteiger partial charge in [0.1, 0.15) is 12.2 Å². The number of rotatable bonds is 5. The fourth-order valence-corrected chi connectivity index (χ4v) is 3.30. The molecule has 3 heterocycles. The molecule has 1 fully saturated rings. The lowest BCUT2D eigenvalue weighted by atomic mass is 9.93. The molecule has 1 N–H and O–H groups in total. The largest absolute Gasteiger partial charge is 0.474 e. The van der Waals surface area contributed by atoms with Crippen molar-refractivity contribution in [2.45, 2.75) is 37.8 Å². The van der Waals surface area contributed by atoms with Gasteiger partial charge in [-0.3, -0.25) is 9.78 Å². The molecule has 0 bridgehead atoms. The van der Waals surface area contributed by atoms with Crippen LogP contribution in [0.1, 0.15) is 41.7 Å². The highest BCUT2D eigenvalue weighted by Crippen LogP contribution is 2.24. The van der Waals surface area contributed by atoms with Gasteiger partial charge in [0.15, 0.2) is 11.5 Å². The smallest absolute Gasteiger partial charge is 0.273 e. The molecule has 146 valence electrons. The maximum absolute atomic E-state index is 12.5. The quantitative estimate of drug-likeness (QED) is 0.713.